The Morgan fingerprint density at radius 2 is 1.83 bits per heavy atom. The normalized spacial score (nSPS) is 17.1. The average Bonchev–Trinajstić information content (AvgIpc) is 2.88. The molecule has 3 rings (SSSR count). The van der Waals surface area contributed by atoms with Crippen molar-refractivity contribution in [2.24, 2.45) is 0 Å². The topological polar surface area (TPSA) is 39.3 Å². The van der Waals surface area contributed by atoms with E-state index in [4.69, 9.17) is 0 Å². The van der Waals surface area contributed by atoms with Gasteiger partial charge in [0.2, 0.25) is 0 Å². The Kier molecular flexibility index (Phi) is 5.43. The van der Waals surface area contributed by atoms with Crippen LogP contribution in [0.4, 0.5) is 0 Å². The first-order valence-corrected chi connectivity index (χ1v) is 8.87. The fourth-order valence-electron chi connectivity index (χ4n) is 2.82. The van der Waals surface area contributed by atoms with Crippen LogP contribution in [0.1, 0.15) is 16.1 Å². The molecular weight excluding hydrogens is 306 g/mol. The molecule has 1 aliphatic heterocycles. The zero-order valence-corrected chi connectivity index (χ0v) is 14.3. The molecule has 2 aromatic rings. The van der Waals surface area contributed by atoms with Gasteiger partial charge in [-0.05, 0) is 12.5 Å². The van der Waals surface area contributed by atoms with Gasteiger partial charge >= 0.3 is 4.87 Å². The summed E-state index contributed by atoms with van der Waals surface area (Å²) in [6.07, 6.45) is 4.43. The summed E-state index contributed by atoms with van der Waals surface area (Å²) in [6.45, 7) is 8.16. The summed E-state index contributed by atoms with van der Waals surface area (Å²) in [6, 6.07) is 10.4. The number of aryl methyl sites for hydroxylation is 1. The average molecular weight is 329 g/mol. The molecule has 1 fully saturated rings. The van der Waals surface area contributed by atoms with Crippen LogP contribution in [0.2, 0.25) is 0 Å². The van der Waals surface area contributed by atoms with Gasteiger partial charge in [0.05, 0.1) is 0 Å². The number of nitrogens with zero attached hydrogens (tertiary/aromatic N) is 2. The molecular formula is C18H23N3OS. The summed E-state index contributed by atoms with van der Waals surface area (Å²) in [5.74, 6) is 0. The third-order valence-electron chi connectivity index (χ3n) is 4.23. The number of aromatic amines is 1. The highest BCUT2D eigenvalue weighted by Crippen LogP contribution is 2.13. The molecule has 0 spiro atoms. The van der Waals surface area contributed by atoms with E-state index in [0.29, 0.717) is 0 Å². The summed E-state index contributed by atoms with van der Waals surface area (Å²) < 4.78 is 0. The van der Waals surface area contributed by atoms with Gasteiger partial charge in [-0.2, -0.15) is 0 Å². The molecule has 122 valence electrons. The summed E-state index contributed by atoms with van der Waals surface area (Å²) >= 11 is 1.34. The number of hydrogen-bond acceptors (Lipinski definition) is 4. The van der Waals surface area contributed by atoms with Gasteiger partial charge in [-0.25, -0.2) is 0 Å². The molecule has 5 heteroatoms. The molecule has 23 heavy (non-hydrogen) atoms. The molecule has 0 radical (unpaired) electrons. The van der Waals surface area contributed by atoms with Crippen molar-refractivity contribution in [1.82, 2.24) is 14.8 Å². The summed E-state index contributed by atoms with van der Waals surface area (Å²) in [5, 5.41) is 0. The van der Waals surface area contributed by atoms with Crippen LogP contribution in [-0.4, -0.2) is 47.5 Å². The van der Waals surface area contributed by atoms with E-state index in [9.17, 15) is 4.79 Å². The van der Waals surface area contributed by atoms with Crippen LogP contribution in [0.25, 0.3) is 6.08 Å². The first kappa shape index (κ1) is 16.2. The van der Waals surface area contributed by atoms with Crippen LogP contribution in [0.15, 0.2) is 41.2 Å². The maximum absolute atomic E-state index is 11.4. The van der Waals surface area contributed by atoms with E-state index in [1.165, 1.54) is 21.8 Å². The van der Waals surface area contributed by atoms with E-state index in [1.54, 1.807) is 0 Å². The van der Waals surface area contributed by atoms with Crippen LogP contribution in [-0.2, 0) is 6.54 Å². The largest absolute Gasteiger partial charge is 0.317 e. The predicted molar refractivity (Wildman–Crippen MR) is 96.9 cm³/mol. The van der Waals surface area contributed by atoms with Crippen molar-refractivity contribution in [2.75, 3.05) is 32.7 Å². The Labute approximate surface area is 141 Å². The van der Waals surface area contributed by atoms with Crippen molar-refractivity contribution in [3.8, 4) is 0 Å². The second-order valence-electron chi connectivity index (χ2n) is 5.95. The molecule has 0 amide bonds. The standard InChI is InChI=1S/C18H23N3OS/c1-15-17(23-18(22)19-15)14-21-12-10-20(11-13-21)9-5-8-16-6-3-2-4-7-16/h2-8H,9-14H2,1H3,(H,19,22)/b8-5+. The molecule has 2 heterocycles. The third kappa shape index (κ3) is 4.64. The molecule has 1 aromatic heterocycles. The zero-order chi connectivity index (χ0) is 16.1. The lowest BCUT2D eigenvalue weighted by Crippen LogP contribution is -2.45. The number of H-pyrrole nitrogens is 1. The molecule has 4 nitrogen and oxygen atoms in total. The highest BCUT2D eigenvalue weighted by molar-refractivity contribution is 7.09. The second-order valence-corrected chi connectivity index (χ2v) is 7.02. The Hall–Kier alpha value is -1.69. The number of rotatable bonds is 5. The maximum atomic E-state index is 11.4. The molecule has 0 atom stereocenters. The highest BCUT2D eigenvalue weighted by atomic mass is 32.1. The van der Waals surface area contributed by atoms with E-state index in [-0.39, 0.29) is 4.87 Å². The molecule has 0 saturated carbocycles. The Morgan fingerprint density at radius 1 is 1.13 bits per heavy atom. The number of aromatic nitrogens is 1. The number of thiazole rings is 1. The quantitative estimate of drug-likeness (QED) is 0.916. The third-order valence-corrected chi connectivity index (χ3v) is 5.20. The monoisotopic (exact) mass is 329 g/mol. The van der Waals surface area contributed by atoms with Crippen molar-refractivity contribution < 1.29 is 0 Å². The highest BCUT2D eigenvalue weighted by Gasteiger charge is 2.17. The van der Waals surface area contributed by atoms with Gasteiger partial charge in [0.1, 0.15) is 0 Å². The van der Waals surface area contributed by atoms with Gasteiger partial charge < -0.3 is 4.98 Å². The predicted octanol–water partition coefficient (Wildman–Crippen LogP) is 2.58. The minimum Gasteiger partial charge on any atom is -0.317 e. The second kappa shape index (κ2) is 7.73. The maximum Gasteiger partial charge on any atom is 0.304 e. The summed E-state index contributed by atoms with van der Waals surface area (Å²) in [5.41, 5.74) is 2.28. The summed E-state index contributed by atoms with van der Waals surface area (Å²) in [4.78, 5) is 20.4. The number of benzene rings is 1. The van der Waals surface area contributed by atoms with Gasteiger partial charge in [0.25, 0.3) is 0 Å². The van der Waals surface area contributed by atoms with Crippen LogP contribution >= 0.6 is 11.3 Å². The minimum atomic E-state index is 0.0576. The van der Waals surface area contributed by atoms with Gasteiger partial charge in [-0.1, -0.05) is 53.8 Å². The smallest absolute Gasteiger partial charge is 0.304 e. The van der Waals surface area contributed by atoms with Gasteiger partial charge in [0, 0.05) is 49.8 Å². The molecule has 0 unspecified atom stereocenters. The van der Waals surface area contributed by atoms with E-state index < -0.39 is 0 Å². The molecule has 1 N–H and O–H groups in total. The molecule has 1 aromatic carbocycles. The Balaban J connectivity index is 1.44. The Morgan fingerprint density at radius 3 is 2.48 bits per heavy atom. The fraction of sp³-hybridized carbons (Fsp3) is 0.389. The van der Waals surface area contributed by atoms with E-state index >= 15 is 0 Å². The lowest BCUT2D eigenvalue weighted by Gasteiger charge is -2.33. The Bertz CT molecular complexity index is 697. The first-order valence-electron chi connectivity index (χ1n) is 8.05. The fourth-order valence-corrected chi connectivity index (χ4v) is 3.70. The minimum absolute atomic E-state index is 0.0576. The van der Waals surface area contributed by atoms with Crippen molar-refractivity contribution in [3.05, 3.63) is 62.2 Å². The molecule has 0 aliphatic carbocycles. The van der Waals surface area contributed by atoms with E-state index in [1.807, 2.05) is 13.0 Å². The van der Waals surface area contributed by atoms with Crippen LogP contribution in [0.5, 0.6) is 0 Å². The van der Waals surface area contributed by atoms with Crippen LogP contribution in [0, 0.1) is 6.92 Å². The van der Waals surface area contributed by atoms with Crippen LogP contribution < -0.4 is 4.87 Å². The van der Waals surface area contributed by atoms with Crippen LogP contribution in [0.3, 0.4) is 0 Å². The number of piperazine rings is 1. The lowest BCUT2D eigenvalue weighted by atomic mass is 10.2. The van der Waals surface area contributed by atoms with Gasteiger partial charge in [-0.3, -0.25) is 14.6 Å². The van der Waals surface area contributed by atoms with Gasteiger partial charge in [-0.15, -0.1) is 0 Å². The van der Waals surface area contributed by atoms with E-state index in [2.05, 4.69) is 51.2 Å². The van der Waals surface area contributed by atoms with Crippen molar-refractivity contribution >= 4 is 17.4 Å². The van der Waals surface area contributed by atoms with Crippen molar-refractivity contribution in [1.29, 1.82) is 0 Å². The summed E-state index contributed by atoms with van der Waals surface area (Å²) in [7, 11) is 0. The SMILES string of the molecule is Cc1[nH]c(=O)sc1CN1CCN(C/C=C/c2ccccc2)CC1. The molecule has 1 aliphatic rings. The first-order chi connectivity index (χ1) is 11.2. The number of hydrogen-bond donors (Lipinski definition) is 1. The number of nitrogens with one attached hydrogen (secondary N) is 1. The zero-order valence-electron chi connectivity index (χ0n) is 13.5. The molecule has 0 bridgehead atoms. The van der Waals surface area contributed by atoms with E-state index in [0.717, 1.165) is 45.0 Å². The van der Waals surface area contributed by atoms with Crippen molar-refractivity contribution in [3.63, 3.8) is 0 Å². The van der Waals surface area contributed by atoms with Crippen molar-refractivity contribution in [2.45, 2.75) is 13.5 Å². The van der Waals surface area contributed by atoms with Gasteiger partial charge in [0.15, 0.2) is 0 Å². The lowest BCUT2D eigenvalue weighted by molar-refractivity contribution is 0.138. The molecule has 1 saturated heterocycles.